The minimum atomic E-state index is -0.295. The van der Waals surface area contributed by atoms with Gasteiger partial charge in [0, 0.05) is 42.5 Å². The molecule has 2 aromatic carbocycles. The quantitative estimate of drug-likeness (QED) is 0.608. The molecular formula is C25H27FN4O. The predicted molar refractivity (Wildman–Crippen MR) is 121 cm³/mol. The molecule has 0 radical (unpaired) electrons. The van der Waals surface area contributed by atoms with E-state index in [0.29, 0.717) is 5.69 Å². The van der Waals surface area contributed by atoms with Gasteiger partial charge >= 0.3 is 0 Å². The molecule has 1 amide bonds. The number of para-hydroxylation sites is 1. The van der Waals surface area contributed by atoms with Crippen LogP contribution in [-0.2, 0) is 4.79 Å². The predicted octanol–water partition coefficient (Wildman–Crippen LogP) is 4.29. The molecule has 1 fully saturated rings. The number of nitrogens with zero attached hydrogens (tertiary/aromatic N) is 3. The monoisotopic (exact) mass is 418 g/mol. The zero-order valence-electron chi connectivity index (χ0n) is 17.7. The number of hydrogen-bond acceptors (Lipinski definition) is 3. The average Bonchev–Trinajstić information content (AvgIpc) is 3.24. The first-order valence-corrected chi connectivity index (χ1v) is 10.7. The lowest BCUT2D eigenvalue weighted by atomic mass is 10.0. The molecule has 3 aromatic rings. The molecule has 2 heterocycles. The number of hydrogen-bond donors (Lipinski definition) is 1. The van der Waals surface area contributed by atoms with Crippen LogP contribution in [0.5, 0.6) is 0 Å². The van der Waals surface area contributed by atoms with E-state index in [4.69, 9.17) is 5.10 Å². The van der Waals surface area contributed by atoms with Crippen molar-refractivity contribution in [1.29, 1.82) is 0 Å². The zero-order valence-corrected chi connectivity index (χ0v) is 17.7. The van der Waals surface area contributed by atoms with Crippen molar-refractivity contribution in [2.24, 2.45) is 0 Å². The van der Waals surface area contributed by atoms with Gasteiger partial charge in [0.05, 0.1) is 11.4 Å². The minimum absolute atomic E-state index is 0.104. The molecule has 0 saturated carbocycles. The van der Waals surface area contributed by atoms with E-state index in [1.165, 1.54) is 12.1 Å². The number of halogens is 1. The second kappa shape index (κ2) is 9.71. The summed E-state index contributed by atoms with van der Waals surface area (Å²) in [5.74, 6) is -0.399. The van der Waals surface area contributed by atoms with Gasteiger partial charge in [-0.2, -0.15) is 5.10 Å². The lowest BCUT2D eigenvalue weighted by Gasteiger charge is -2.31. The van der Waals surface area contributed by atoms with Crippen molar-refractivity contribution in [2.75, 3.05) is 19.6 Å². The summed E-state index contributed by atoms with van der Waals surface area (Å²) in [7, 11) is 0. The molecule has 5 nitrogen and oxygen atoms in total. The third-order valence-electron chi connectivity index (χ3n) is 5.68. The number of carbonyl (C=O) groups excluding carboxylic acids is 1. The van der Waals surface area contributed by atoms with Crippen LogP contribution in [0.1, 0.15) is 25.3 Å². The van der Waals surface area contributed by atoms with Gasteiger partial charge in [0.2, 0.25) is 5.91 Å². The summed E-state index contributed by atoms with van der Waals surface area (Å²) in [4.78, 5) is 14.9. The molecule has 1 N–H and O–H groups in total. The molecule has 0 spiro atoms. The number of amides is 1. The van der Waals surface area contributed by atoms with Crippen LogP contribution in [0.15, 0.2) is 66.9 Å². The smallest absolute Gasteiger partial charge is 0.244 e. The molecule has 4 rings (SSSR count). The summed E-state index contributed by atoms with van der Waals surface area (Å²) in [6, 6.07) is 16.2. The summed E-state index contributed by atoms with van der Waals surface area (Å²) in [6.07, 6.45) is 7.17. The van der Waals surface area contributed by atoms with Gasteiger partial charge in [-0.3, -0.25) is 4.79 Å². The van der Waals surface area contributed by atoms with Crippen molar-refractivity contribution in [2.45, 2.75) is 25.8 Å². The highest BCUT2D eigenvalue weighted by Gasteiger charge is 2.19. The van der Waals surface area contributed by atoms with E-state index in [2.05, 4.69) is 17.1 Å². The van der Waals surface area contributed by atoms with E-state index in [9.17, 15) is 9.18 Å². The van der Waals surface area contributed by atoms with Crippen molar-refractivity contribution in [3.63, 3.8) is 0 Å². The van der Waals surface area contributed by atoms with E-state index >= 15 is 0 Å². The Balaban J connectivity index is 1.54. The van der Waals surface area contributed by atoms with Gasteiger partial charge in [-0.25, -0.2) is 9.07 Å². The van der Waals surface area contributed by atoms with Crippen LogP contribution in [0.3, 0.4) is 0 Å². The Morgan fingerprint density at radius 2 is 1.84 bits per heavy atom. The van der Waals surface area contributed by atoms with Crippen molar-refractivity contribution < 1.29 is 9.18 Å². The lowest BCUT2D eigenvalue weighted by Crippen LogP contribution is -2.44. The molecule has 6 heteroatoms. The SMILES string of the molecule is CCN1CCC(NC(=O)/C=C/c2cn(-c3ccccc3)nc2-c2ccc(F)cc2)CC1. The molecule has 0 atom stereocenters. The summed E-state index contributed by atoms with van der Waals surface area (Å²) in [6.45, 7) is 5.25. The van der Waals surface area contributed by atoms with Crippen LogP contribution in [-0.4, -0.2) is 46.3 Å². The summed E-state index contributed by atoms with van der Waals surface area (Å²) in [5, 5.41) is 7.81. The van der Waals surface area contributed by atoms with E-state index < -0.39 is 0 Å². The molecular weight excluding hydrogens is 391 g/mol. The summed E-state index contributed by atoms with van der Waals surface area (Å²) >= 11 is 0. The number of likely N-dealkylation sites (tertiary alicyclic amines) is 1. The first-order chi connectivity index (χ1) is 15.1. The standard InChI is InChI=1S/C25H27FN4O/c1-2-29-16-14-22(15-17-29)27-24(31)13-10-20-18-30(23-6-4-3-5-7-23)28-25(20)19-8-11-21(26)12-9-19/h3-13,18,22H,2,14-17H2,1H3,(H,27,31)/b13-10+. The van der Waals surface area contributed by atoms with Gasteiger partial charge in [-0.05, 0) is 61.9 Å². The molecule has 1 aliphatic rings. The minimum Gasteiger partial charge on any atom is -0.350 e. The number of benzene rings is 2. The average molecular weight is 419 g/mol. The van der Waals surface area contributed by atoms with Crippen LogP contribution >= 0.6 is 0 Å². The van der Waals surface area contributed by atoms with Crippen LogP contribution < -0.4 is 5.32 Å². The van der Waals surface area contributed by atoms with E-state index in [0.717, 1.165) is 49.3 Å². The Morgan fingerprint density at radius 3 is 2.52 bits per heavy atom. The highest BCUT2D eigenvalue weighted by Crippen LogP contribution is 2.25. The fraction of sp³-hybridized carbons (Fsp3) is 0.280. The Labute approximate surface area is 182 Å². The molecule has 0 aliphatic carbocycles. The maximum atomic E-state index is 13.4. The molecule has 31 heavy (non-hydrogen) atoms. The van der Waals surface area contributed by atoms with Gasteiger partial charge in [0.15, 0.2) is 0 Å². The number of nitrogens with one attached hydrogen (secondary N) is 1. The molecule has 0 unspecified atom stereocenters. The van der Waals surface area contributed by atoms with Crippen LogP contribution in [0.25, 0.3) is 23.0 Å². The van der Waals surface area contributed by atoms with Crippen LogP contribution in [0.2, 0.25) is 0 Å². The van der Waals surface area contributed by atoms with Gasteiger partial charge < -0.3 is 10.2 Å². The van der Waals surface area contributed by atoms with Gasteiger partial charge in [-0.15, -0.1) is 0 Å². The summed E-state index contributed by atoms with van der Waals surface area (Å²) < 4.78 is 15.2. The van der Waals surface area contributed by atoms with Crippen molar-refractivity contribution in [1.82, 2.24) is 20.0 Å². The van der Waals surface area contributed by atoms with E-state index in [1.807, 2.05) is 36.5 Å². The largest absolute Gasteiger partial charge is 0.350 e. The number of rotatable bonds is 6. The van der Waals surface area contributed by atoms with Crippen molar-refractivity contribution >= 4 is 12.0 Å². The Bertz CT molecular complexity index is 1040. The van der Waals surface area contributed by atoms with Gasteiger partial charge in [0.25, 0.3) is 0 Å². The first-order valence-electron chi connectivity index (χ1n) is 10.7. The zero-order chi connectivity index (χ0) is 21.6. The molecule has 160 valence electrons. The molecule has 1 saturated heterocycles. The molecule has 0 bridgehead atoms. The molecule has 1 aromatic heterocycles. The Hall–Kier alpha value is -3.25. The van der Waals surface area contributed by atoms with Crippen LogP contribution in [0, 0.1) is 5.82 Å². The molecule has 1 aliphatic heterocycles. The van der Waals surface area contributed by atoms with Crippen molar-refractivity contribution in [3.8, 4) is 16.9 Å². The fourth-order valence-corrected chi connectivity index (χ4v) is 3.86. The third kappa shape index (κ3) is 5.27. The Kier molecular flexibility index (Phi) is 6.57. The van der Waals surface area contributed by atoms with E-state index in [1.54, 1.807) is 29.0 Å². The van der Waals surface area contributed by atoms with E-state index in [-0.39, 0.29) is 17.8 Å². The van der Waals surface area contributed by atoms with Crippen molar-refractivity contribution in [3.05, 3.63) is 78.3 Å². The normalized spacial score (nSPS) is 15.4. The van der Waals surface area contributed by atoms with Gasteiger partial charge in [-0.1, -0.05) is 25.1 Å². The summed E-state index contributed by atoms with van der Waals surface area (Å²) in [5.41, 5.74) is 3.20. The topological polar surface area (TPSA) is 50.2 Å². The highest BCUT2D eigenvalue weighted by atomic mass is 19.1. The maximum absolute atomic E-state index is 13.4. The fourth-order valence-electron chi connectivity index (χ4n) is 3.86. The number of piperidine rings is 1. The maximum Gasteiger partial charge on any atom is 0.244 e. The number of aromatic nitrogens is 2. The Morgan fingerprint density at radius 1 is 1.13 bits per heavy atom. The van der Waals surface area contributed by atoms with Crippen LogP contribution in [0.4, 0.5) is 4.39 Å². The second-order valence-electron chi connectivity index (χ2n) is 7.77. The number of carbonyl (C=O) groups is 1. The lowest BCUT2D eigenvalue weighted by molar-refractivity contribution is -0.117. The van der Waals surface area contributed by atoms with Gasteiger partial charge in [0.1, 0.15) is 5.82 Å². The highest BCUT2D eigenvalue weighted by molar-refractivity contribution is 5.93. The first kappa shape index (κ1) is 21.0. The third-order valence-corrected chi connectivity index (χ3v) is 5.68. The second-order valence-corrected chi connectivity index (χ2v) is 7.77.